The van der Waals surface area contributed by atoms with Gasteiger partial charge in [-0.15, -0.1) is 12.4 Å². The SMILES string of the molecule is C.C.C.C.C.C.C.C.C.C.C.C.CB(O)O.CC.CC.CC.CC.CC.CC.CC.CC.CC.CC.CC.CC.CC.CC.CC.CC.CC.CC.CC.CC.CC.CC.CC1OCCO1.CC1OCCO1.CC=O.CCC.CCC.CCC.Cl.O.[C-]#[N+]C.[C-]#[N+]C. The van der Waals surface area contributed by atoms with Gasteiger partial charge in [-0.1, -0.05) is 455 Å². The average Bonchev–Trinajstić information content (AvgIpc) is 4.26. The van der Waals surface area contributed by atoms with Crippen molar-refractivity contribution in [1.82, 2.24) is 0 Å². The molecule has 10 nitrogen and oxygen atoms in total. The summed E-state index contributed by atoms with van der Waals surface area (Å²) < 4.78 is 19.7. The summed E-state index contributed by atoms with van der Waals surface area (Å²) in [5.74, 6) is 0. The summed E-state index contributed by atoms with van der Waals surface area (Å²) in [6.45, 7) is 122. The Balaban J connectivity index is -0.00000000661. The van der Waals surface area contributed by atoms with Crippen LogP contribution in [-0.2, 0) is 23.7 Å². The largest absolute Gasteiger partial charge is 0.448 e. The fraction of sp³-hybridized carbons (Fsp3) is 0.963. The predicted octanol–water partition coefficient (Wildman–Crippen LogP) is 35.2. The topological polar surface area (TPSA) is 135 Å². The molecule has 0 aliphatic carbocycles. The Morgan fingerprint density at radius 2 is 0.359 bits per heavy atom. The summed E-state index contributed by atoms with van der Waals surface area (Å²) in [6, 6.07) is 0. The quantitative estimate of drug-likeness (QED) is 0.140. The molecule has 4 N–H and O–H groups in total. The number of hydrogen-bond donors (Lipinski definition) is 2. The Morgan fingerprint density at radius 3 is 0.370 bits per heavy atom. The van der Waals surface area contributed by atoms with Gasteiger partial charge in [0, 0.05) is 0 Å². The van der Waals surface area contributed by atoms with E-state index in [4.69, 9.17) is 46.9 Å². The summed E-state index contributed by atoms with van der Waals surface area (Å²) in [7, 11) is 1.67. The van der Waals surface area contributed by atoms with E-state index in [9.17, 15) is 0 Å². The number of aldehydes is 1. The molecule has 2 aliphatic heterocycles. The van der Waals surface area contributed by atoms with Crippen LogP contribution in [0.4, 0.5) is 0 Å². The monoisotopic (exact) mass is 1400 g/mol. The number of carbonyl (C=O) groups is 1. The number of rotatable bonds is 0. The maximum Gasteiger partial charge on any atom is 0.448 e. The van der Waals surface area contributed by atoms with Gasteiger partial charge in [0.2, 0.25) is 14.1 Å². The first kappa shape index (κ1) is 321. The summed E-state index contributed by atoms with van der Waals surface area (Å²) in [4.78, 5) is 14.3. The second-order valence-electron chi connectivity index (χ2n) is 6.05. The Morgan fingerprint density at radius 1 is 0.326 bits per heavy atom. The molecule has 0 bridgehead atoms. The van der Waals surface area contributed by atoms with Crippen LogP contribution in [0.25, 0.3) is 9.69 Å². The van der Waals surface area contributed by atoms with Gasteiger partial charge < -0.3 is 49.0 Å². The van der Waals surface area contributed by atoms with E-state index in [1.807, 2.05) is 318 Å². The van der Waals surface area contributed by atoms with Gasteiger partial charge >= 0.3 is 7.12 Å². The molecule has 0 amide bonds. The van der Waals surface area contributed by atoms with Crippen LogP contribution in [0.3, 0.4) is 0 Å². The third kappa shape index (κ3) is 4220. The van der Waals surface area contributed by atoms with Crippen molar-refractivity contribution in [2.75, 3.05) is 40.5 Å². The van der Waals surface area contributed by atoms with E-state index >= 15 is 0 Å². The minimum absolute atomic E-state index is 0. The zero-order chi connectivity index (χ0) is 72.6. The fourth-order valence-electron chi connectivity index (χ4n) is 0.953. The highest BCUT2D eigenvalue weighted by Gasteiger charge is 2.07. The van der Waals surface area contributed by atoms with Crippen molar-refractivity contribution in [2.45, 2.75) is 495 Å². The first-order valence-electron chi connectivity index (χ1n) is 33.7. The van der Waals surface area contributed by atoms with E-state index in [2.05, 4.69) is 51.2 Å². The number of carbonyl (C=O) groups excluding carboxylic acids is 1. The molecule has 0 saturated carbocycles. The van der Waals surface area contributed by atoms with E-state index in [0.717, 1.165) is 32.7 Å². The molecule has 0 spiro atoms. The molecule has 0 aromatic heterocycles. The van der Waals surface area contributed by atoms with Gasteiger partial charge in [0.15, 0.2) is 12.6 Å². The third-order valence-corrected chi connectivity index (χ3v) is 1.58. The van der Waals surface area contributed by atoms with Crippen LogP contribution in [-0.4, -0.2) is 82.0 Å². The maximum absolute atomic E-state index is 8.81. The van der Waals surface area contributed by atoms with Crippen molar-refractivity contribution in [3.05, 3.63) is 22.8 Å². The summed E-state index contributed by atoms with van der Waals surface area (Å²) >= 11 is 0. The lowest BCUT2D eigenvalue weighted by atomic mass is 9.99. The molecule has 0 aromatic rings. The van der Waals surface area contributed by atoms with Crippen LogP contribution in [0, 0.1) is 13.1 Å². The summed E-state index contributed by atoms with van der Waals surface area (Å²) in [5.41, 5.74) is 0. The first-order chi connectivity index (χ1) is 38.0. The minimum atomic E-state index is -1.17. The van der Waals surface area contributed by atoms with Gasteiger partial charge in [-0.25, -0.2) is 13.1 Å². The highest BCUT2D eigenvalue weighted by atomic mass is 35.5. The fourth-order valence-corrected chi connectivity index (χ4v) is 0.953. The molecule has 92 heavy (non-hydrogen) atoms. The number of halogens is 1. The van der Waals surface area contributed by atoms with Crippen LogP contribution >= 0.6 is 12.4 Å². The van der Waals surface area contributed by atoms with Crippen LogP contribution in [0.5, 0.6) is 0 Å². The summed E-state index contributed by atoms with van der Waals surface area (Å²) in [6.07, 6.45) is 4.59. The molecular weight excluding hydrogens is 1160 g/mol. The molecule has 2 fully saturated rings. The van der Waals surface area contributed by atoms with E-state index in [1.165, 1.54) is 47.1 Å². The van der Waals surface area contributed by atoms with E-state index in [0.29, 0.717) is 0 Å². The molecular formula is C80H238BClN2O8. The Kier molecular flexibility index (Phi) is 5220. The van der Waals surface area contributed by atoms with Crippen LogP contribution < -0.4 is 0 Å². The predicted molar refractivity (Wildman–Crippen MR) is 485 cm³/mol. The number of hydrogen-bond acceptors (Lipinski definition) is 7. The average molecular weight is 1400 g/mol. The maximum atomic E-state index is 8.81. The van der Waals surface area contributed by atoms with Crippen molar-refractivity contribution in [2.24, 2.45) is 0 Å². The second kappa shape index (κ2) is 1500. The summed E-state index contributed by atoms with van der Waals surface area (Å²) in [5, 5.41) is 15.2. The smallest absolute Gasteiger partial charge is 0.427 e. The normalized spacial score (nSPS) is 5.96. The lowest BCUT2D eigenvalue weighted by Crippen LogP contribution is -2.00. The molecule has 0 unspecified atom stereocenters. The van der Waals surface area contributed by atoms with E-state index in [-0.39, 0.29) is 120 Å². The molecule has 0 aromatic carbocycles. The molecule has 0 radical (unpaired) electrons. The molecule has 2 heterocycles. The zero-order valence-electron chi connectivity index (χ0n) is 69.0. The van der Waals surface area contributed by atoms with Crippen LogP contribution in [0.15, 0.2) is 0 Å². The van der Waals surface area contributed by atoms with Gasteiger partial charge in [-0.05, 0) is 27.6 Å². The van der Waals surface area contributed by atoms with Gasteiger partial charge in [0.05, 0.1) is 26.4 Å². The number of ether oxygens (including phenoxy) is 4. The van der Waals surface area contributed by atoms with Crippen molar-refractivity contribution in [1.29, 1.82) is 0 Å². The molecule has 12 heteroatoms. The van der Waals surface area contributed by atoms with Gasteiger partial charge in [0.25, 0.3) is 0 Å². The first-order valence-corrected chi connectivity index (χ1v) is 33.7. The third-order valence-electron chi connectivity index (χ3n) is 1.58. The van der Waals surface area contributed by atoms with Crippen LogP contribution in [0.2, 0.25) is 6.82 Å². The van der Waals surface area contributed by atoms with Gasteiger partial charge in [-0.3, -0.25) is 0 Å². The van der Waals surface area contributed by atoms with Crippen molar-refractivity contribution in [3.8, 4) is 0 Å². The Bertz CT molecular complexity index is 359. The van der Waals surface area contributed by atoms with Crippen molar-refractivity contribution in [3.63, 3.8) is 0 Å². The second-order valence-corrected chi connectivity index (χ2v) is 6.05. The van der Waals surface area contributed by atoms with Crippen molar-refractivity contribution < 1.29 is 39.3 Å². The van der Waals surface area contributed by atoms with Crippen LogP contribution in [0.1, 0.15) is 475 Å². The zero-order valence-corrected chi connectivity index (χ0v) is 69.8. The molecule has 0 atom stereocenters. The highest BCUT2D eigenvalue weighted by molar-refractivity contribution is 6.38. The van der Waals surface area contributed by atoms with Crippen molar-refractivity contribution >= 4 is 25.8 Å². The molecule has 2 saturated heterocycles. The van der Waals surface area contributed by atoms with Gasteiger partial charge in [0.1, 0.15) is 6.29 Å². The minimum Gasteiger partial charge on any atom is -0.427 e. The Labute approximate surface area is 620 Å². The highest BCUT2D eigenvalue weighted by Crippen LogP contribution is 2.00. The molecule has 2 aliphatic rings. The lowest BCUT2D eigenvalue weighted by molar-refractivity contribution is -0.106. The van der Waals surface area contributed by atoms with E-state index < -0.39 is 7.12 Å². The molecule has 626 valence electrons. The standard InChI is InChI=1S/2C4H8O2.3C3H8.2C2H3N.C2H4O.22C2H6.CH5BO2.12CH4.ClH.H2O/c2*1-4-5-2-3-6-4;5*1-3-2;1-2-3;22*1-2;1-2(3)4;;;;;;;;;;;;;;/h2*4H,2-3H2,1H3;3*3H2,1-2H3;2*1H3;2H,1H3;22*1-2H3;3-4H,1H3;12*1H4;1H;1H2. The van der Waals surface area contributed by atoms with E-state index in [1.54, 1.807) is 0 Å². The Hall–Kier alpha value is -1.28. The molecule has 2 rings (SSSR count). The lowest BCUT2D eigenvalue weighted by Gasteiger charge is -1.94. The number of nitrogens with zero attached hydrogens (tertiary/aromatic N) is 2. The van der Waals surface area contributed by atoms with Gasteiger partial charge in [-0.2, -0.15) is 0 Å².